The first-order valence-corrected chi connectivity index (χ1v) is 7.07. The second-order valence-electron chi connectivity index (χ2n) is 6.35. The normalized spacial score (nSPS) is 31.7. The predicted molar refractivity (Wildman–Crippen MR) is 75.0 cm³/mol. The average Bonchev–Trinajstić information content (AvgIpc) is 2.39. The molecule has 2 rings (SSSR count). The molecule has 1 nitrogen and oxygen atoms in total. The van der Waals surface area contributed by atoms with Gasteiger partial charge in [-0.2, -0.15) is 0 Å². The minimum absolute atomic E-state index is 0.267. The third kappa shape index (κ3) is 2.92. The fourth-order valence-corrected chi connectivity index (χ4v) is 3.55. The van der Waals surface area contributed by atoms with Crippen molar-refractivity contribution in [1.29, 1.82) is 0 Å². The number of hydrogen-bond donors (Lipinski definition) is 1. The molecule has 1 aliphatic rings. The maximum Gasteiger partial charge on any atom is 0.0718 e. The van der Waals surface area contributed by atoms with E-state index in [0.29, 0.717) is 5.92 Å². The molecule has 17 heavy (non-hydrogen) atoms. The van der Waals surface area contributed by atoms with Crippen LogP contribution in [-0.2, 0) is 6.42 Å². The van der Waals surface area contributed by atoms with E-state index in [2.05, 4.69) is 48.8 Å². The molecule has 2 atom stereocenters. The molecule has 2 heteroatoms. The van der Waals surface area contributed by atoms with Crippen molar-refractivity contribution in [2.45, 2.75) is 45.6 Å². The van der Waals surface area contributed by atoms with Crippen LogP contribution in [0.2, 0.25) is 0 Å². The fourth-order valence-electron chi connectivity index (χ4n) is 3.29. The fraction of sp³-hybridized carbons (Fsp3) is 0.600. The van der Waals surface area contributed by atoms with Gasteiger partial charge in [0.1, 0.15) is 0 Å². The lowest BCUT2D eigenvalue weighted by Gasteiger charge is -2.28. The number of rotatable bonds is 2. The molecule has 94 valence electrons. The van der Waals surface area contributed by atoms with Crippen molar-refractivity contribution in [1.82, 2.24) is 0 Å². The zero-order valence-corrected chi connectivity index (χ0v) is 12.4. The van der Waals surface area contributed by atoms with Crippen molar-refractivity contribution in [3.05, 3.63) is 34.3 Å². The van der Waals surface area contributed by atoms with Crippen molar-refractivity contribution in [3.8, 4) is 0 Å². The van der Waals surface area contributed by atoms with Crippen molar-refractivity contribution < 1.29 is 5.11 Å². The molecule has 1 saturated carbocycles. The van der Waals surface area contributed by atoms with E-state index in [1.54, 1.807) is 0 Å². The first kappa shape index (κ1) is 13.1. The Labute approximate surface area is 112 Å². The lowest BCUT2D eigenvalue weighted by Crippen LogP contribution is -2.34. The van der Waals surface area contributed by atoms with Crippen LogP contribution in [0.15, 0.2) is 28.7 Å². The van der Waals surface area contributed by atoms with Gasteiger partial charge in [0.2, 0.25) is 0 Å². The van der Waals surface area contributed by atoms with E-state index in [0.717, 1.165) is 23.7 Å². The minimum atomic E-state index is -0.530. The molecule has 1 aromatic rings. The molecular formula is C15H21BrO. The standard InChI is InChI=1S/C15H21BrO/c1-11-8-14(2,3)10-15(11,17)9-12-4-6-13(16)7-5-12/h4-7,11,17H,8-10H2,1-3H3. The van der Waals surface area contributed by atoms with Gasteiger partial charge in [-0.05, 0) is 41.9 Å². The van der Waals surface area contributed by atoms with Crippen LogP contribution in [0.25, 0.3) is 0 Å². The summed E-state index contributed by atoms with van der Waals surface area (Å²) in [6.45, 7) is 6.68. The highest BCUT2D eigenvalue weighted by Gasteiger charge is 2.47. The number of halogens is 1. The van der Waals surface area contributed by atoms with Crippen LogP contribution in [0.5, 0.6) is 0 Å². The Hall–Kier alpha value is -0.340. The summed E-state index contributed by atoms with van der Waals surface area (Å²) < 4.78 is 1.09. The predicted octanol–water partition coefficient (Wildman–Crippen LogP) is 4.18. The van der Waals surface area contributed by atoms with Crippen molar-refractivity contribution >= 4 is 15.9 Å². The van der Waals surface area contributed by atoms with Gasteiger partial charge in [-0.15, -0.1) is 0 Å². The van der Waals surface area contributed by atoms with Gasteiger partial charge in [0.25, 0.3) is 0 Å². The van der Waals surface area contributed by atoms with E-state index < -0.39 is 5.60 Å². The summed E-state index contributed by atoms with van der Waals surface area (Å²) in [5.41, 5.74) is 0.959. The molecule has 0 radical (unpaired) electrons. The SMILES string of the molecule is CC1CC(C)(C)CC1(O)Cc1ccc(Br)cc1. The summed E-state index contributed by atoms with van der Waals surface area (Å²) >= 11 is 3.44. The summed E-state index contributed by atoms with van der Waals surface area (Å²) in [6.07, 6.45) is 2.78. The summed E-state index contributed by atoms with van der Waals surface area (Å²) in [7, 11) is 0. The Morgan fingerprint density at radius 3 is 2.35 bits per heavy atom. The molecule has 0 amide bonds. The summed E-state index contributed by atoms with van der Waals surface area (Å²) in [4.78, 5) is 0. The van der Waals surface area contributed by atoms with Gasteiger partial charge in [-0.3, -0.25) is 0 Å². The van der Waals surface area contributed by atoms with Gasteiger partial charge in [-0.25, -0.2) is 0 Å². The lowest BCUT2D eigenvalue weighted by atomic mass is 9.84. The quantitative estimate of drug-likeness (QED) is 0.868. The zero-order chi connectivity index (χ0) is 12.7. The van der Waals surface area contributed by atoms with Crippen LogP contribution in [0.3, 0.4) is 0 Å². The second-order valence-corrected chi connectivity index (χ2v) is 7.27. The maximum atomic E-state index is 10.8. The summed E-state index contributed by atoms with van der Waals surface area (Å²) in [5, 5.41) is 10.8. The van der Waals surface area contributed by atoms with Crippen LogP contribution in [0.4, 0.5) is 0 Å². The highest BCUT2D eigenvalue weighted by molar-refractivity contribution is 9.10. The number of aliphatic hydroxyl groups is 1. The summed E-state index contributed by atoms with van der Waals surface area (Å²) in [6, 6.07) is 8.28. The molecule has 1 N–H and O–H groups in total. The van der Waals surface area contributed by atoms with E-state index in [4.69, 9.17) is 0 Å². The van der Waals surface area contributed by atoms with Crippen LogP contribution < -0.4 is 0 Å². The molecule has 1 fully saturated rings. The van der Waals surface area contributed by atoms with E-state index >= 15 is 0 Å². The first-order chi connectivity index (χ1) is 7.81. The Balaban J connectivity index is 2.15. The number of benzene rings is 1. The van der Waals surface area contributed by atoms with Gasteiger partial charge in [0.15, 0.2) is 0 Å². The van der Waals surface area contributed by atoms with E-state index in [9.17, 15) is 5.11 Å². The minimum Gasteiger partial charge on any atom is -0.389 e. The molecular weight excluding hydrogens is 276 g/mol. The van der Waals surface area contributed by atoms with Crippen LogP contribution >= 0.6 is 15.9 Å². The van der Waals surface area contributed by atoms with Crippen molar-refractivity contribution in [2.75, 3.05) is 0 Å². The molecule has 0 spiro atoms. The monoisotopic (exact) mass is 296 g/mol. The van der Waals surface area contributed by atoms with E-state index in [1.807, 2.05) is 12.1 Å². The lowest BCUT2D eigenvalue weighted by molar-refractivity contribution is 0.00445. The Bertz CT molecular complexity index is 396. The molecule has 0 aliphatic heterocycles. The van der Waals surface area contributed by atoms with Gasteiger partial charge >= 0.3 is 0 Å². The molecule has 2 unspecified atom stereocenters. The van der Waals surface area contributed by atoms with Crippen LogP contribution in [0, 0.1) is 11.3 Å². The Morgan fingerprint density at radius 1 is 1.29 bits per heavy atom. The van der Waals surface area contributed by atoms with E-state index in [-0.39, 0.29) is 5.41 Å². The van der Waals surface area contributed by atoms with Crippen molar-refractivity contribution in [2.24, 2.45) is 11.3 Å². The highest BCUT2D eigenvalue weighted by Crippen LogP contribution is 2.48. The topological polar surface area (TPSA) is 20.2 Å². The smallest absolute Gasteiger partial charge is 0.0718 e. The highest BCUT2D eigenvalue weighted by atomic mass is 79.9. The van der Waals surface area contributed by atoms with Gasteiger partial charge in [0.05, 0.1) is 5.60 Å². The Morgan fingerprint density at radius 2 is 1.88 bits per heavy atom. The van der Waals surface area contributed by atoms with Crippen LogP contribution in [0.1, 0.15) is 39.2 Å². The molecule has 0 heterocycles. The Kier molecular flexibility index (Phi) is 3.39. The molecule has 0 aromatic heterocycles. The number of hydrogen-bond acceptors (Lipinski definition) is 1. The van der Waals surface area contributed by atoms with Crippen LogP contribution in [-0.4, -0.2) is 10.7 Å². The molecule has 1 aliphatic carbocycles. The van der Waals surface area contributed by atoms with E-state index in [1.165, 1.54) is 5.56 Å². The third-order valence-corrected chi connectivity index (χ3v) is 4.51. The van der Waals surface area contributed by atoms with Gasteiger partial charge in [-0.1, -0.05) is 48.8 Å². The van der Waals surface area contributed by atoms with Gasteiger partial charge < -0.3 is 5.11 Å². The second kappa shape index (κ2) is 4.40. The molecule has 1 aromatic carbocycles. The van der Waals surface area contributed by atoms with Crippen molar-refractivity contribution in [3.63, 3.8) is 0 Å². The van der Waals surface area contributed by atoms with Gasteiger partial charge in [0, 0.05) is 10.9 Å². The maximum absolute atomic E-state index is 10.8. The third-order valence-electron chi connectivity index (χ3n) is 3.98. The zero-order valence-electron chi connectivity index (χ0n) is 10.8. The largest absolute Gasteiger partial charge is 0.389 e. The first-order valence-electron chi connectivity index (χ1n) is 6.28. The molecule has 0 bridgehead atoms. The average molecular weight is 297 g/mol. The summed E-state index contributed by atoms with van der Waals surface area (Å²) in [5.74, 6) is 0.376. The molecule has 0 saturated heterocycles.